The second-order valence-corrected chi connectivity index (χ2v) is 6.33. The Hall–Kier alpha value is -2.00. The molecule has 0 saturated carbocycles. The number of hydrogen-bond acceptors (Lipinski definition) is 2. The third-order valence-electron chi connectivity index (χ3n) is 4.61. The lowest BCUT2D eigenvalue weighted by atomic mass is 10.1. The van der Waals surface area contributed by atoms with Gasteiger partial charge in [-0.2, -0.15) is 0 Å². The van der Waals surface area contributed by atoms with E-state index in [2.05, 4.69) is 36.9 Å². The summed E-state index contributed by atoms with van der Waals surface area (Å²) in [5.41, 5.74) is 5.11. The zero-order chi connectivity index (χ0) is 15.5. The Bertz CT molecular complexity index is 646. The number of rotatable bonds is 3. The van der Waals surface area contributed by atoms with Crippen LogP contribution in [0.2, 0.25) is 0 Å². The maximum absolute atomic E-state index is 9.91. The van der Waals surface area contributed by atoms with Gasteiger partial charge in [0.1, 0.15) is 12.3 Å². The fourth-order valence-corrected chi connectivity index (χ4v) is 3.23. The van der Waals surface area contributed by atoms with E-state index in [0.29, 0.717) is 5.75 Å². The van der Waals surface area contributed by atoms with Crippen LogP contribution in [-0.4, -0.2) is 31.3 Å². The number of nitrogens with one attached hydrogen (secondary N) is 1. The fraction of sp³-hybridized carbons (Fsp3) is 0.368. The van der Waals surface area contributed by atoms with Crippen molar-refractivity contribution in [3.63, 3.8) is 0 Å². The molecule has 0 amide bonds. The Labute approximate surface area is 132 Å². The molecule has 0 unspecified atom stereocenters. The van der Waals surface area contributed by atoms with E-state index in [9.17, 15) is 5.11 Å². The number of para-hydroxylation sites is 1. The van der Waals surface area contributed by atoms with Crippen LogP contribution in [0.5, 0.6) is 5.75 Å². The first-order valence-corrected chi connectivity index (χ1v) is 8.06. The lowest BCUT2D eigenvalue weighted by Crippen LogP contribution is -3.13. The highest BCUT2D eigenvalue weighted by Crippen LogP contribution is 2.21. The van der Waals surface area contributed by atoms with E-state index in [4.69, 9.17) is 0 Å². The average Bonchev–Trinajstić information content (AvgIpc) is 2.53. The van der Waals surface area contributed by atoms with Crippen LogP contribution in [-0.2, 0) is 6.54 Å². The molecule has 0 bridgehead atoms. The van der Waals surface area contributed by atoms with Crippen LogP contribution in [0.1, 0.15) is 16.7 Å². The zero-order valence-electron chi connectivity index (χ0n) is 13.5. The van der Waals surface area contributed by atoms with Crippen LogP contribution in [0, 0.1) is 13.8 Å². The highest BCUT2D eigenvalue weighted by Gasteiger charge is 2.22. The third-order valence-corrected chi connectivity index (χ3v) is 4.61. The van der Waals surface area contributed by atoms with Gasteiger partial charge in [0, 0.05) is 11.3 Å². The molecule has 116 valence electrons. The molecule has 3 heteroatoms. The summed E-state index contributed by atoms with van der Waals surface area (Å²) in [6.07, 6.45) is 0. The standard InChI is InChI=1S/C19H24N2O/c1-15-7-8-16(2)18(13-15)21-11-9-20(10-12-21)14-17-5-3-4-6-19(17)22/h3-8,13,22H,9-12,14H2,1-2H3/p+1. The van der Waals surface area contributed by atoms with Gasteiger partial charge in [0.25, 0.3) is 0 Å². The predicted molar refractivity (Wildman–Crippen MR) is 90.6 cm³/mol. The summed E-state index contributed by atoms with van der Waals surface area (Å²) in [5, 5.41) is 9.91. The van der Waals surface area contributed by atoms with Crippen molar-refractivity contribution in [3.8, 4) is 5.75 Å². The minimum atomic E-state index is 0.423. The molecule has 3 rings (SSSR count). The maximum atomic E-state index is 9.91. The molecule has 1 saturated heterocycles. The normalized spacial score (nSPS) is 16.0. The summed E-state index contributed by atoms with van der Waals surface area (Å²) in [5.74, 6) is 0.423. The molecule has 2 aromatic rings. The second kappa shape index (κ2) is 6.41. The molecule has 1 aliphatic rings. The molecular weight excluding hydrogens is 272 g/mol. The first-order valence-electron chi connectivity index (χ1n) is 8.06. The fourth-order valence-electron chi connectivity index (χ4n) is 3.23. The Kier molecular flexibility index (Phi) is 4.34. The van der Waals surface area contributed by atoms with Gasteiger partial charge in [-0.15, -0.1) is 0 Å². The van der Waals surface area contributed by atoms with Crippen LogP contribution >= 0.6 is 0 Å². The number of piperazine rings is 1. The number of benzene rings is 2. The van der Waals surface area contributed by atoms with Gasteiger partial charge >= 0.3 is 0 Å². The summed E-state index contributed by atoms with van der Waals surface area (Å²) in [4.78, 5) is 4.04. The summed E-state index contributed by atoms with van der Waals surface area (Å²) in [7, 11) is 0. The van der Waals surface area contributed by atoms with Gasteiger partial charge in [-0.3, -0.25) is 0 Å². The van der Waals surface area contributed by atoms with E-state index in [-0.39, 0.29) is 0 Å². The molecule has 1 aliphatic heterocycles. The number of phenolic OH excluding ortho intramolecular Hbond substituents is 1. The van der Waals surface area contributed by atoms with Crippen molar-refractivity contribution < 1.29 is 10.0 Å². The number of anilines is 1. The number of quaternary nitrogens is 1. The van der Waals surface area contributed by atoms with Crippen molar-refractivity contribution in [1.82, 2.24) is 0 Å². The molecule has 0 aliphatic carbocycles. The first kappa shape index (κ1) is 14.9. The topological polar surface area (TPSA) is 27.9 Å². The average molecular weight is 297 g/mol. The van der Waals surface area contributed by atoms with E-state index < -0.39 is 0 Å². The van der Waals surface area contributed by atoms with Gasteiger partial charge in [0.15, 0.2) is 0 Å². The van der Waals surface area contributed by atoms with Crippen LogP contribution in [0.3, 0.4) is 0 Å². The Morgan fingerprint density at radius 1 is 1.05 bits per heavy atom. The van der Waals surface area contributed by atoms with Crippen molar-refractivity contribution in [3.05, 3.63) is 59.2 Å². The number of phenols is 1. The highest BCUT2D eigenvalue weighted by molar-refractivity contribution is 5.55. The van der Waals surface area contributed by atoms with Crippen LogP contribution in [0.25, 0.3) is 0 Å². The van der Waals surface area contributed by atoms with E-state index in [1.54, 1.807) is 11.0 Å². The molecule has 0 aromatic heterocycles. The second-order valence-electron chi connectivity index (χ2n) is 6.33. The Morgan fingerprint density at radius 3 is 2.50 bits per heavy atom. The van der Waals surface area contributed by atoms with Crippen LogP contribution in [0.4, 0.5) is 5.69 Å². The summed E-state index contributed by atoms with van der Waals surface area (Å²) in [6.45, 7) is 9.63. The number of aromatic hydroxyl groups is 1. The SMILES string of the molecule is Cc1ccc(C)c(N2CC[NH+](Cc3ccccc3O)CC2)c1. The molecule has 0 atom stereocenters. The lowest BCUT2D eigenvalue weighted by molar-refractivity contribution is -0.914. The minimum absolute atomic E-state index is 0.423. The van der Waals surface area contributed by atoms with Crippen molar-refractivity contribution in [1.29, 1.82) is 0 Å². The highest BCUT2D eigenvalue weighted by atomic mass is 16.3. The maximum Gasteiger partial charge on any atom is 0.124 e. The Morgan fingerprint density at radius 2 is 1.77 bits per heavy atom. The molecular formula is C19H25N2O+. The monoisotopic (exact) mass is 297 g/mol. The zero-order valence-corrected chi connectivity index (χ0v) is 13.5. The van der Waals surface area contributed by atoms with Crippen molar-refractivity contribution in [2.75, 3.05) is 31.1 Å². The molecule has 22 heavy (non-hydrogen) atoms. The number of aryl methyl sites for hydroxylation is 2. The van der Waals surface area contributed by atoms with E-state index in [1.807, 2.05) is 18.2 Å². The van der Waals surface area contributed by atoms with Gasteiger partial charge in [-0.25, -0.2) is 0 Å². The molecule has 2 aromatic carbocycles. The Balaban J connectivity index is 1.63. The molecule has 0 spiro atoms. The van der Waals surface area contributed by atoms with Gasteiger partial charge in [-0.1, -0.05) is 24.3 Å². The molecule has 1 heterocycles. The van der Waals surface area contributed by atoms with Gasteiger partial charge in [0.2, 0.25) is 0 Å². The summed E-state index contributed by atoms with van der Waals surface area (Å²) >= 11 is 0. The van der Waals surface area contributed by atoms with Gasteiger partial charge < -0.3 is 14.9 Å². The van der Waals surface area contributed by atoms with Crippen molar-refractivity contribution >= 4 is 5.69 Å². The summed E-state index contributed by atoms with van der Waals surface area (Å²) < 4.78 is 0. The van der Waals surface area contributed by atoms with Gasteiger partial charge in [-0.05, 0) is 43.2 Å². The van der Waals surface area contributed by atoms with Crippen LogP contribution < -0.4 is 9.80 Å². The van der Waals surface area contributed by atoms with E-state index in [1.165, 1.54) is 16.8 Å². The third kappa shape index (κ3) is 3.25. The van der Waals surface area contributed by atoms with E-state index >= 15 is 0 Å². The van der Waals surface area contributed by atoms with Crippen molar-refractivity contribution in [2.45, 2.75) is 20.4 Å². The number of hydrogen-bond donors (Lipinski definition) is 2. The van der Waals surface area contributed by atoms with Crippen molar-refractivity contribution in [2.24, 2.45) is 0 Å². The lowest BCUT2D eigenvalue weighted by Gasteiger charge is -2.34. The van der Waals surface area contributed by atoms with Crippen LogP contribution in [0.15, 0.2) is 42.5 Å². The largest absolute Gasteiger partial charge is 0.507 e. The van der Waals surface area contributed by atoms with E-state index in [0.717, 1.165) is 38.3 Å². The predicted octanol–water partition coefficient (Wildman–Crippen LogP) is 1.91. The molecule has 2 N–H and O–H groups in total. The molecule has 0 radical (unpaired) electrons. The smallest absolute Gasteiger partial charge is 0.124 e. The first-order chi connectivity index (χ1) is 10.6. The minimum Gasteiger partial charge on any atom is -0.507 e. The van der Waals surface area contributed by atoms with Gasteiger partial charge in [0.05, 0.1) is 26.2 Å². The number of nitrogens with zero attached hydrogens (tertiary/aromatic N) is 1. The molecule has 1 fully saturated rings. The quantitative estimate of drug-likeness (QED) is 0.906. The summed E-state index contributed by atoms with van der Waals surface area (Å²) in [6, 6.07) is 14.4. The molecule has 3 nitrogen and oxygen atoms in total.